The first kappa shape index (κ1) is 21.6. The zero-order valence-electron chi connectivity index (χ0n) is 17.6. The van der Waals surface area contributed by atoms with Crippen LogP contribution in [0.15, 0.2) is 66.9 Å². The van der Waals surface area contributed by atoms with Gasteiger partial charge in [0.25, 0.3) is 0 Å². The fourth-order valence-corrected chi connectivity index (χ4v) is 3.82. The number of esters is 1. The number of nitrogens with zero attached hydrogens (tertiary/aromatic N) is 3. The molecule has 32 heavy (non-hydrogen) atoms. The van der Waals surface area contributed by atoms with Crippen molar-refractivity contribution in [2.75, 3.05) is 27.4 Å². The highest BCUT2D eigenvalue weighted by molar-refractivity contribution is 7.17. The topological polar surface area (TPSA) is 83.4 Å². The van der Waals surface area contributed by atoms with Crippen LogP contribution in [0.5, 0.6) is 5.75 Å². The van der Waals surface area contributed by atoms with Crippen LogP contribution in [0.3, 0.4) is 0 Å². The van der Waals surface area contributed by atoms with Crippen molar-refractivity contribution in [3.63, 3.8) is 0 Å². The summed E-state index contributed by atoms with van der Waals surface area (Å²) in [4.78, 5) is 15.9. The molecule has 0 aliphatic carbocycles. The second-order valence-corrected chi connectivity index (χ2v) is 7.76. The van der Waals surface area contributed by atoms with E-state index in [0.717, 1.165) is 27.4 Å². The molecule has 0 bridgehead atoms. The van der Waals surface area contributed by atoms with Crippen molar-refractivity contribution in [1.82, 2.24) is 15.2 Å². The summed E-state index contributed by atoms with van der Waals surface area (Å²) in [6.07, 6.45) is 1.48. The summed E-state index contributed by atoms with van der Waals surface area (Å²) in [5.74, 6) is 0.396. The van der Waals surface area contributed by atoms with E-state index in [1.807, 2.05) is 36.4 Å². The Kier molecular flexibility index (Phi) is 6.84. The van der Waals surface area contributed by atoms with Gasteiger partial charge in [-0.1, -0.05) is 47.7 Å². The van der Waals surface area contributed by atoms with E-state index < -0.39 is 5.97 Å². The molecule has 0 unspecified atom stereocenters. The number of benzene rings is 2. The van der Waals surface area contributed by atoms with Gasteiger partial charge in [-0.2, -0.15) is 0 Å². The molecular weight excluding hydrogens is 426 g/mol. The van der Waals surface area contributed by atoms with Gasteiger partial charge in [-0.05, 0) is 35.4 Å². The number of methoxy groups -OCH3 is 2. The molecule has 0 fully saturated rings. The van der Waals surface area contributed by atoms with Crippen molar-refractivity contribution in [3.8, 4) is 38.1 Å². The van der Waals surface area contributed by atoms with Crippen LogP contribution in [0.25, 0.3) is 32.4 Å². The predicted molar refractivity (Wildman–Crippen MR) is 123 cm³/mol. The van der Waals surface area contributed by atoms with Gasteiger partial charge in [-0.25, -0.2) is 4.79 Å². The molecule has 162 valence electrons. The zero-order chi connectivity index (χ0) is 22.3. The Morgan fingerprint density at radius 2 is 1.47 bits per heavy atom. The Morgan fingerprint density at radius 1 is 0.812 bits per heavy atom. The lowest BCUT2D eigenvalue weighted by Gasteiger charge is -2.07. The summed E-state index contributed by atoms with van der Waals surface area (Å²) < 4.78 is 15.3. The van der Waals surface area contributed by atoms with E-state index in [2.05, 4.69) is 27.3 Å². The SMILES string of the molecule is COCCOc1ccc(-c2ccc(-c3nnc(-c4ccc(C(=O)OC)cn4)s3)cc2)cc1. The number of pyridine rings is 1. The quantitative estimate of drug-likeness (QED) is 0.285. The van der Waals surface area contributed by atoms with E-state index in [9.17, 15) is 4.79 Å². The minimum Gasteiger partial charge on any atom is -0.491 e. The summed E-state index contributed by atoms with van der Waals surface area (Å²) in [5.41, 5.74) is 4.23. The van der Waals surface area contributed by atoms with E-state index in [1.54, 1.807) is 19.2 Å². The van der Waals surface area contributed by atoms with Crippen molar-refractivity contribution in [2.45, 2.75) is 0 Å². The minimum atomic E-state index is -0.421. The number of hydrogen-bond donors (Lipinski definition) is 0. The number of hydrogen-bond acceptors (Lipinski definition) is 8. The van der Waals surface area contributed by atoms with Crippen LogP contribution in [-0.4, -0.2) is 48.6 Å². The standard InChI is InChI=1S/C24H21N3O4S/c1-29-13-14-31-20-10-7-17(8-11-20)16-3-5-18(6-4-16)22-26-27-23(32-22)21-12-9-19(15-25-21)24(28)30-2/h3-12,15H,13-14H2,1-2H3. The first-order valence-electron chi connectivity index (χ1n) is 9.89. The maximum absolute atomic E-state index is 11.6. The lowest BCUT2D eigenvalue weighted by molar-refractivity contribution is 0.0600. The molecule has 2 heterocycles. The van der Waals surface area contributed by atoms with Gasteiger partial charge < -0.3 is 14.2 Å². The highest BCUT2D eigenvalue weighted by Crippen LogP contribution is 2.31. The van der Waals surface area contributed by atoms with Crippen LogP contribution >= 0.6 is 11.3 Å². The summed E-state index contributed by atoms with van der Waals surface area (Å²) in [7, 11) is 2.99. The van der Waals surface area contributed by atoms with Crippen molar-refractivity contribution in [1.29, 1.82) is 0 Å². The van der Waals surface area contributed by atoms with Gasteiger partial charge >= 0.3 is 5.97 Å². The molecule has 2 aromatic carbocycles. The first-order valence-corrected chi connectivity index (χ1v) is 10.7. The van der Waals surface area contributed by atoms with E-state index in [-0.39, 0.29) is 0 Å². The number of aromatic nitrogens is 3. The normalized spacial score (nSPS) is 10.7. The second kappa shape index (κ2) is 10.1. The largest absolute Gasteiger partial charge is 0.491 e. The first-order chi connectivity index (χ1) is 15.7. The third-order valence-electron chi connectivity index (χ3n) is 4.70. The lowest BCUT2D eigenvalue weighted by Crippen LogP contribution is -2.03. The fraction of sp³-hybridized carbons (Fsp3) is 0.167. The van der Waals surface area contributed by atoms with Gasteiger partial charge in [0.15, 0.2) is 5.01 Å². The Bertz CT molecular complexity index is 1170. The van der Waals surface area contributed by atoms with Crippen LogP contribution in [-0.2, 0) is 9.47 Å². The molecule has 0 aliphatic heterocycles. The van der Waals surface area contributed by atoms with Crippen LogP contribution in [0.1, 0.15) is 10.4 Å². The number of rotatable bonds is 8. The summed E-state index contributed by atoms with van der Waals surface area (Å²) in [6.45, 7) is 1.09. The Hall–Kier alpha value is -3.62. The van der Waals surface area contributed by atoms with Gasteiger partial charge in [-0.15, -0.1) is 10.2 Å². The zero-order valence-corrected chi connectivity index (χ0v) is 18.5. The molecule has 4 aromatic rings. The second-order valence-electron chi connectivity index (χ2n) is 6.78. The average Bonchev–Trinajstić information content (AvgIpc) is 3.35. The lowest BCUT2D eigenvalue weighted by atomic mass is 10.0. The molecule has 0 spiro atoms. The van der Waals surface area contributed by atoms with Crippen molar-refractivity contribution in [3.05, 3.63) is 72.4 Å². The third-order valence-corrected chi connectivity index (χ3v) is 5.70. The maximum atomic E-state index is 11.6. The number of ether oxygens (including phenoxy) is 3. The van der Waals surface area contributed by atoms with Crippen LogP contribution in [0, 0.1) is 0 Å². The molecule has 0 aliphatic rings. The van der Waals surface area contributed by atoms with E-state index in [4.69, 9.17) is 14.2 Å². The van der Waals surface area contributed by atoms with Gasteiger partial charge in [0.05, 0.1) is 19.3 Å². The van der Waals surface area contributed by atoms with Crippen LogP contribution in [0.2, 0.25) is 0 Å². The molecule has 0 saturated heterocycles. The maximum Gasteiger partial charge on any atom is 0.339 e. The van der Waals surface area contributed by atoms with Crippen molar-refractivity contribution in [2.24, 2.45) is 0 Å². The molecule has 0 N–H and O–H groups in total. The van der Waals surface area contributed by atoms with Gasteiger partial charge in [0.1, 0.15) is 23.1 Å². The minimum absolute atomic E-state index is 0.395. The fourth-order valence-electron chi connectivity index (χ4n) is 2.99. The highest BCUT2D eigenvalue weighted by atomic mass is 32.1. The van der Waals surface area contributed by atoms with Crippen molar-refractivity contribution < 1.29 is 19.0 Å². The van der Waals surface area contributed by atoms with Gasteiger partial charge in [-0.3, -0.25) is 4.98 Å². The molecule has 2 aromatic heterocycles. The Labute approximate surface area is 189 Å². The van der Waals surface area contributed by atoms with E-state index in [1.165, 1.54) is 24.6 Å². The molecule has 0 atom stereocenters. The molecular formula is C24H21N3O4S. The van der Waals surface area contributed by atoms with Crippen LogP contribution < -0.4 is 4.74 Å². The third kappa shape index (κ3) is 4.99. The monoisotopic (exact) mass is 447 g/mol. The molecule has 0 radical (unpaired) electrons. The summed E-state index contributed by atoms with van der Waals surface area (Å²) in [6, 6.07) is 19.5. The smallest absolute Gasteiger partial charge is 0.339 e. The Balaban J connectivity index is 1.45. The van der Waals surface area contributed by atoms with E-state index >= 15 is 0 Å². The molecule has 7 nitrogen and oxygen atoms in total. The summed E-state index contributed by atoms with van der Waals surface area (Å²) in [5, 5.41) is 10.0. The van der Waals surface area contributed by atoms with Gasteiger partial charge in [0, 0.05) is 18.9 Å². The summed E-state index contributed by atoms with van der Waals surface area (Å²) >= 11 is 1.44. The molecule has 4 rings (SSSR count). The molecule has 0 amide bonds. The number of carbonyl (C=O) groups is 1. The van der Waals surface area contributed by atoms with Gasteiger partial charge in [0.2, 0.25) is 0 Å². The highest BCUT2D eigenvalue weighted by Gasteiger charge is 2.12. The number of carbonyl (C=O) groups excluding carboxylic acids is 1. The Morgan fingerprint density at radius 3 is 2.09 bits per heavy atom. The van der Waals surface area contributed by atoms with Crippen molar-refractivity contribution >= 4 is 17.3 Å². The van der Waals surface area contributed by atoms with E-state index in [0.29, 0.717) is 29.5 Å². The predicted octanol–water partition coefficient (Wildman–Crippen LogP) is 4.75. The van der Waals surface area contributed by atoms with Crippen LogP contribution in [0.4, 0.5) is 0 Å². The average molecular weight is 448 g/mol. The molecule has 8 heteroatoms. The molecule has 0 saturated carbocycles.